The fraction of sp³-hybridized carbons (Fsp3) is 0.857. The molecule has 5 N–H and O–H groups in total. The second-order valence-electron chi connectivity index (χ2n) is 13.5. The summed E-state index contributed by atoms with van der Waals surface area (Å²) in [4.78, 5) is 59.4. The molecule has 0 saturated carbocycles. The Labute approximate surface area is 241 Å². The minimum absolute atomic E-state index is 0.0630. The molecule has 5 heterocycles. The lowest BCUT2D eigenvalue weighted by Crippen LogP contribution is -2.64. The number of hydrogen-bond acceptors (Lipinski definition) is 9. The molecule has 41 heavy (non-hydrogen) atoms. The molecule has 0 aromatic carbocycles. The Kier molecular flexibility index (Phi) is 8.91. The molecule has 4 amide bonds. The van der Waals surface area contributed by atoms with Crippen LogP contribution >= 0.6 is 0 Å². The van der Waals surface area contributed by atoms with Crippen molar-refractivity contribution in [2.24, 2.45) is 5.41 Å². The van der Waals surface area contributed by atoms with Gasteiger partial charge in [0.15, 0.2) is 0 Å². The standard InChI is InChI=1S/C28H46N6O7/c1-28(2,3)12-23(36)33-9-8-32-15-19(33)26(39)30-13-21-25(38)24(37)20(41-21)11-22(35)31-16-10-18(27(32)40)34(14-16)17-4-6-29-7-5-17/h16-21,24-25,29,37-38H,4-15H2,1-3H3,(H,30,39)(H,31,35)/t16-,18-,19-,20-,21+,24-,25+/m0/s1. The first-order valence-corrected chi connectivity index (χ1v) is 15.0. The molecule has 13 nitrogen and oxygen atoms in total. The zero-order chi connectivity index (χ0) is 29.5. The van der Waals surface area contributed by atoms with Crippen LogP contribution in [0.5, 0.6) is 0 Å². The summed E-state index contributed by atoms with van der Waals surface area (Å²) < 4.78 is 5.82. The number of nitrogens with one attached hydrogen (secondary N) is 3. The quantitative estimate of drug-likeness (QED) is 0.244. The summed E-state index contributed by atoms with van der Waals surface area (Å²) in [5, 5.41) is 30.4. The van der Waals surface area contributed by atoms with Crippen molar-refractivity contribution < 1.29 is 34.1 Å². The number of piperazine rings is 1. The van der Waals surface area contributed by atoms with E-state index in [0.717, 1.165) is 25.9 Å². The average molecular weight is 579 g/mol. The van der Waals surface area contributed by atoms with E-state index in [1.165, 1.54) is 0 Å². The molecule has 7 atom stereocenters. The predicted molar refractivity (Wildman–Crippen MR) is 147 cm³/mol. The Morgan fingerprint density at radius 3 is 2.41 bits per heavy atom. The zero-order valence-corrected chi connectivity index (χ0v) is 24.4. The number of ether oxygens (including phenoxy) is 1. The molecule has 0 aromatic rings. The number of nitrogens with zero attached hydrogens (tertiary/aromatic N) is 3. The number of carbonyl (C=O) groups is 4. The maximum Gasteiger partial charge on any atom is 0.244 e. The van der Waals surface area contributed by atoms with Gasteiger partial charge in [-0.3, -0.25) is 24.1 Å². The second kappa shape index (κ2) is 12.1. The lowest BCUT2D eigenvalue weighted by molar-refractivity contribution is -0.151. The molecule has 0 unspecified atom stereocenters. The van der Waals surface area contributed by atoms with E-state index >= 15 is 0 Å². The smallest absolute Gasteiger partial charge is 0.244 e. The maximum absolute atomic E-state index is 14.1. The van der Waals surface area contributed by atoms with Gasteiger partial charge in [0.2, 0.25) is 23.6 Å². The Balaban J connectivity index is 1.43. The van der Waals surface area contributed by atoms with Crippen LogP contribution in [-0.4, -0.2) is 143 Å². The van der Waals surface area contributed by atoms with Crippen LogP contribution in [0.3, 0.4) is 0 Å². The average Bonchev–Trinajstić information content (AvgIpc) is 3.46. The van der Waals surface area contributed by atoms with Gasteiger partial charge in [-0.2, -0.15) is 0 Å². The van der Waals surface area contributed by atoms with Crippen molar-refractivity contribution in [1.29, 1.82) is 0 Å². The van der Waals surface area contributed by atoms with Gasteiger partial charge in [0.05, 0.1) is 25.1 Å². The van der Waals surface area contributed by atoms with Crippen LogP contribution < -0.4 is 16.0 Å². The van der Waals surface area contributed by atoms with Crippen LogP contribution in [0.2, 0.25) is 0 Å². The summed E-state index contributed by atoms with van der Waals surface area (Å²) in [5.74, 6) is -0.982. The molecular weight excluding hydrogens is 532 g/mol. The Hall–Kier alpha value is -2.32. The molecule has 13 heteroatoms. The highest BCUT2D eigenvalue weighted by Crippen LogP contribution is 2.29. The highest BCUT2D eigenvalue weighted by atomic mass is 16.5. The van der Waals surface area contributed by atoms with Gasteiger partial charge in [-0.05, 0) is 37.8 Å². The number of aliphatic hydroxyl groups is 2. The van der Waals surface area contributed by atoms with Crippen molar-refractivity contribution in [2.75, 3.05) is 45.8 Å². The van der Waals surface area contributed by atoms with E-state index in [1.54, 1.807) is 9.80 Å². The number of likely N-dealkylation sites (tertiary alicyclic amines) is 1. The summed E-state index contributed by atoms with van der Waals surface area (Å²) in [7, 11) is 0. The topological polar surface area (TPSA) is 164 Å². The molecule has 5 rings (SSSR count). The van der Waals surface area contributed by atoms with Gasteiger partial charge in [-0.15, -0.1) is 0 Å². The zero-order valence-electron chi connectivity index (χ0n) is 24.4. The SMILES string of the molecule is CC(C)(C)CC(=O)N1CCN2C[C@H]1C(=O)NC[C@H]1O[C@@H](CC(=O)N[C@H]3C[C@@H](C2=O)N(C2CCNCC2)C3)[C@H](O)[C@@H]1O. The van der Waals surface area contributed by atoms with Gasteiger partial charge in [-0.25, -0.2) is 0 Å². The van der Waals surface area contributed by atoms with E-state index in [2.05, 4.69) is 20.9 Å². The second-order valence-corrected chi connectivity index (χ2v) is 13.5. The largest absolute Gasteiger partial charge is 0.388 e. The van der Waals surface area contributed by atoms with E-state index < -0.39 is 42.4 Å². The van der Waals surface area contributed by atoms with Gasteiger partial charge in [-0.1, -0.05) is 20.8 Å². The van der Waals surface area contributed by atoms with Gasteiger partial charge in [0.1, 0.15) is 24.4 Å². The number of amides is 4. The first-order chi connectivity index (χ1) is 19.4. The number of rotatable bonds is 2. The molecule has 0 spiro atoms. The molecular formula is C28H46N6O7. The Morgan fingerprint density at radius 1 is 1.00 bits per heavy atom. The maximum atomic E-state index is 14.1. The summed E-state index contributed by atoms with van der Waals surface area (Å²) >= 11 is 0. The normalized spacial score (nSPS) is 36.3. The number of hydrogen-bond donors (Lipinski definition) is 5. The molecule has 5 aliphatic heterocycles. The number of carbonyl (C=O) groups excluding carboxylic acids is 4. The van der Waals surface area contributed by atoms with Gasteiger partial charge in [0.25, 0.3) is 0 Å². The van der Waals surface area contributed by atoms with E-state index in [0.29, 0.717) is 19.5 Å². The van der Waals surface area contributed by atoms with Crippen molar-refractivity contribution >= 4 is 23.6 Å². The lowest BCUT2D eigenvalue weighted by Gasteiger charge is -2.43. The molecule has 5 fully saturated rings. The predicted octanol–water partition coefficient (Wildman–Crippen LogP) is -2.22. The van der Waals surface area contributed by atoms with Crippen LogP contribution in [0.1, 0.15) is 52.9 Å². The van der Waals surface area contributed by atoms with Crippen LogP contribution in [0.15, 0.2) is 0 Å². The minimum atomic E-state index is -1.28. The van der Waals surface area contributed by atoms with Gasteiger partial charge < -0.3 is 40.7 Å². The molecule has 0 aliphatic carbocycles. The third-order valence-electron chi connectivity index (χ3n) is 9.09. The third-order valence-corrected chi connectivity index (χ3v) is 9.09. The highest BCUT2D eigenvalue weighted by molar-refractivity contribution is 5.90. The van der Waals surface area contributed by atoms with Crippen molar-refractivity contribution in [3.05, 3.63) is 0 Å². The third kappa shape index (κ3) is 6.69. The van der Waals surface area contributed by atoms with E-state index in [-0.39, 0.29) is 67.7 Å². The van der Waals surface area contributed by atoms with E-state index in [9.17, 15) is 29.4 Å². The summed E-state index contributed by atoms with van der Waals surface area (Å²) in [6, 6.07) is -1.40. The van der Waals surface area contributed by atoms with Crippen molar-refractivity contribution in [3.63, 3.8) is 0 Å². The minimum Gasteiger partial charge on any atom is -0.388 e. The van der Waals surface area contributed by atoms with Gasteiger partial charge >= 0.3 is 0 Å². The van der Waals surface area contributed by atoms with Crippen LogP contribution in [0.25, 0.3) is 0 Å². The van der Waals surface area contributed by atoms with Crippen LogP contribution in [0, 0.1) is 5.41 Å². The highest BCUT2D eigenvalue weighted by Gasteiger charge is 2.48. The Bertz CT molecular complexity index is 1010. The van der Waals surface area contributed by atoms with Crippen LogP contribution in [0.4, 0.5) is 0 Å². The fourth-order valence-corrected chi connectivity index (χ4v) is 6.97. The molecule has 5 saturated heterocycles. The summed E-state index contributed by atoms with van der Waals surface area (Å²) in [6.07, 6.45) is -2.05. The van der Waals surface area contributed by atoms with Crippen molar-refractivity contribution in [3.8, 4) is 0 Å². The van der Waals surface area contributed by atoms with Crippen molar-refractivity contribution in [1.82, 2.24) is 30.7 Å². The first-order valence-electron chi connectivity index (χ1n) is 15.0. The molecule has 230 valence electrons. The number of fused-ring (bicyclic) bond motifs is 6. The Morgan fingerprint density at radius 2 is 1.71 bits per heavy atom. The first kappa shape index (κ1) is 30.1. The molecule has 6 bridgehead atoms. The monoisotopic (exact) mass is 578 g/mol. The summed E-state index contributed by atoms with van der Waals surface area (Å²) in [5.41, 5.74) is -0.273. The molecule has 0 radical (unpaired) electrons. The van der Waals surface area contributed by atoms with E-state index in [1.807, 2.05) is 20.8 Å². The van der Waals surface area contributed by atoms with Crippen LogP contribution in [-0.2, 0) is 23.9 Å². The fourth-order valence-electron chi connectivity index (χ4n) is 6.97. The van der Waals surface area contributed by atoms with Crippen molar-refractivity contribution in [2.45, 2.75) is 101 Å². The lowest BCUT2D eigenvalue weighted by atomic mass is 9.91. The van der Waals surface area contributed by atoms with Gasteiger partial charge in [0, 0.05) is 44.7 Å². The molecule has 0 aromatic heterocycles. The van der Waals surface area contributed by atoms with E-state index in [4.69, 9.17) is 4.74 Å². The summed E-state index contributed by atoms with van der Waals surface area (Å²) in [6.45, 7) is 8.67. The number of piperidine rings is 1. The molecule has 5 aliphatic rings. The number of aliphatic hydroxyl groups excluding tert-OH is 2.